The first kappa shape index (κ1) is 12.7. The molecule has 104 valence electrons. The molecule has 0 aliphatic heterocycles. The average molecular weight is 261 g/mol. The van der Waals surface area contributed by atoms with Crippen molar-refractivity contribution in [2.24, 2.45) is 5.92 Å². The summed E-state index contributed by atoms with van der Waals surface area (Å²) in [6.07, 6.45) is 12.0. The second-order valence-corrected chi connectivity index (χ2v) is 6.04. The number of anilines is 1. The lowest BCUT2D eigenvalue weighted by Gasteiger charge is -2.27. The summed E-state index contributed by atoms with van der Waals surface area (Å²) in [5.41, 5.74) is 0.921. The Kier molecular flexibility index (Phi) is 3.85. The Hall–Kier alpha value is -1.32. The van der Waals surface area contributed by atoms with Crippen molar-refractivity contribution in [2.45, 2.75) is 64.0 Å². The standard InChI is InChI=1S/C15H23N3O/c19-15-9-14(17-13-7-4-8-13)10-16-18(15)11-12-5-2-1-3-6-12/h9-10,12-13,17H,1-8,11H2. The molecule has 19 heavy (non-hydrogen) atoms. The largest absolute Gasteiger partial charge is 0.381 e. The third-order valence-corrected chi connectivity index (χ3v) is 4.50. The lowest BCUT2D eigenvalue weighted by atomic mass is 9.89. The zero-order valence-corrected chi connectivity index (χ0v) is 11.5. The molecular weight excluding hydrogens is 238 g/mol. The molecule has 0 bridgehead atoms. The zero-order valence-electron chi connectivity index (χ0n) is 11.5. The molecule has 0 spiro atoms. The lowest BCUT2D eigenvalue weighted by Crippen LogP contribution is -2.30. The van der Waals surface area contributed by atoms with Gasteiger partial charge < -0.3 is 5.32 Å². The van der Waals surface area contributed by atoms with Crippen LogP contribution in [0.3, 0.4) is 0 Å². The molecule has 0 unspecified atom stereocenters. The fourth-order valence-corrected chi connectivity index (χ4v) is 3.05. The van der Waals surface area contributed by atoms with E-state index in [0.717, 1.165) is 12.2 Å². The third-order valence-electron chi connectivity index (χ3n) is 4.50. The van der Waals surface area contributed by atoms with E-state index < -0.39 is 0 Å². The van der Waals surface area contributed by atoms with Gasteiger partial charge in [0.25, 0.3) is 5.56 Å². The summed E-state index contributed by atoms with van der Waals surface area (Å²) in [6.45, 7) is 0.794. The van der Waals surface area contributed by atoms with E-state index in [1.165, 1.54) is 51.4 Å². The van der Waals surface area contributed by atoms with Gasteiger partial charge in [-0.05, 0) is 38.0 Å². The maximum Gasteiger partial charge on any atom is 0.268 e. The van der Waals surface area contributed by atoms with Crippen LogP contribution in [0.5, 0.6) is 0 Å². The minimum atomic E-state index is 0.0369. The van der Waals surface area contributed by atoms with Crippen LogP contribution in [-0.4, -0.2) is 15.8 Å². The van der Waals surface area contributed by atoms with Gasteiger partial charge in [0.15, 0.2) is 0 Å². The Balaban J connectivity index is 1.63. The smallest absolute Gasteiger partial charge is 0.268 e. The lowest BCUT2D eigenvalue weighted by molar-refractivity contribution is 0.302. The van der Waals surface area contributed by atoms with Gasteiger partial charge in [-0.1, -0.05) is 19.3 Å². The molecule has 2 aliphatic carbocycles. The molecule has 1 aromatic rings. The molecule has 1 heterocycles. The SMILES string of the molecule is O=c1cc(NC2CCC2)cnn1CC1CCCCC1. The Morgan fingerprint density at radius 2 is 1.95 bits per heavy atom. The number of rotatable bonds is 4. The fourth-order valence-electron chi connectivity index (χ4n) is 3.05. The summed E-state index contributed by atoms with van der Waals surface area (Å²) in [6, 6.07) is 2.25. The van der Waals surface area contributed by atoms with Crippen molar-refractivity contribution in [3.63, 3.8) is 0 Å². The van der Waals surface area contributed by atoms with Crippen LogP contribution in [0, 0.1) is 5.92 Å². The molecule has 2 fully saturated rings. The fraction of sp³-hybridized carbons (Fsp3) is 0.733. The second kappa shape index (κ2) is 5.76. The minimum absolute atomic E-state index is 0.0369. The van der Waals surface area contributed by atoms with Crippen LogP contribution >= 0.6 is 0 Å². The Labute approximate surface area is 114 Å². The quantitative estimate of drug-likeness (QED) is 0.906. The van der Waals surface area contributed by atoms with Crippen LogP contribution in [0.2, 0.25) is 0 Å². The molecule has 2 saturated carbocycles. The number of hydrogen-bond acceptors (Lipinski definition) is 3. The van der Waals surface area contributed by atoms with Crippen molar-refractivity contribution in [3.8, 4) is 0 Å². The highest BCUT2D eigenvalue weighted by atomic mass is 16.1. The van der Waals surface area contributed by atoms with Gasteiger partial charge in [0.05, 0.1) is 11.9 Å². The molecule has 1 N–H and O–H groups in total. The highest BCUT2D eigenvalue weighted by Gasteiger charge is 2.18. The van der Waals surface area contributed by atoms with E-state index in [4.69, 9.17) is 0 Å². The molecule has 0 atom stereocenters. The van der Waals surface area contributed by atoms with Crippen molar-refractivity contribution in [1.82, 2.24) is 9.78 Å². The van der Waals surface area contributed by atoms with E-state index >= 15 is 0 Å². The van der Waals surface area contributed by atoms with E-state index in [1.807, 2.05) is 6.20 Å². The molecule has 4 nitrogen and oxygen atoms in total. The number of nitrogens with one attached hydrogen (secondary N) is 1. The summed E-state index contributed by atoms with van der Waals surface area (Å²) in [5, 5.41) is 7.70. The van der Waals surface area contributed by atoms with E-state index in [0.29, 0.717) is 12.0 Å². The van der Waals surface area contributed by atoms with E-state index in [1.54, 1.807) is 10.7 Å². The molecule has 0 saturated heterocycles. The molecule has 0 aromatic carbocycles. The van der Waals surface area contributed by atoms with Crippen molar-refractivity contribution in [2.75, 3.05) is 5.32 Å². The van der Waals surface area contributed by atoms with Gasteiger partial charge in [0, 0.05) is 18.7 Å². The van der Waals surface area contributed by atoms with Crippen LogP contribution in [0.25, 0.3) is 0 Å². The van der Waals surface area contributed by atoms with E-state index in [9.17, 15) is 4.79 Å². The number of hydrogen-bond donors (Lipinski definition) is 1. The monoisotopic (exact) mass is 261 g/mol. The molecule has 0 radical (unpaired) electrons. The summed E-state index contributed by atoms with van der Waals surface area (Å²) in [7, 11) is 0. The summed E-state index contributed by atoms with van der Waals surface area (Å²) in [4.78, 5) is 12.1. The Bertz CT molecular complexity index is 473. The predicted molar refractivity (Wildman–Crippen MR) is 76.3 cm³/mol. The van der Waals surface area contributed by atoms with Crippen LogP contribution in [-0.2, 0) is 6.54 Å². The molecule has 4 heteroatoms. The van der Waals surface area contributed by atoms with Crippen molar-refractivity contribution >= 4 is 5.69 Å². The van der Waals surface area contributed by atoms with Gasteiger partial charge in [-0.3, -0.25) is 4.79 Å². The van der Waals surface area contributed by atoms with E-state index in [-0.39, 0.29) is 5.56 Å². The van der Waals surface area contributed by atoms with Gasteiger partial charge in [-0.15, -0.1) is 0 Å². The molecule has 3 rings (SSSR count). The minimum Gasteiger partial charge on any atom is -0.381 e. The first-order valence-corrected chi connectivity index (χ1v) is 7.65. The highest BCUT2D eigenvalue weighted by Crippen LogP contribution is 2.25. The summed E-state index contributed by atoms with van der Waals surface area (Å²) < 4.78 is 1.64. The highest BCUT2D eigenvalue weighted by molar-refractivity contribution is 5.40. The Morgan fingerprint density at radius 3 is 2.58 bits per heavy atom. The number of aromatic nitrogens is 2. The normalized spacial score (nSPS) is 21.1. The molecule has 2 aliphatic rings. The summed E-state index contributed by atoms with van der Waals surface area (Å²) >= 11 is 0. The topological polar surface area (TPSA) is 46.9 Å². The van der Waals surface area contributed by atoms with Gasteiger partial charge in [0.2, 0.25) is 0 Å². The summed E-state index contributed by atoms with van der Waals surface area (Å²) in [5.74, 6) is 0.643. The Morgan fingerprint density at radius 1 is 1.16 bits per heavy atom. The van der Waals surface area contributed by atoms with Gasteiger partial charge in [-0.2, -0.15) is 5.10 Å². The van der Waals surface area contributed by atoms with Gasteiger partial charge in [-0.25, -0.2) is 4.68 Å². The van der Waals surface area contributed by atoms with Crippen molar-refractivity contribution < 1.29 is 0 Å². The maximum absolute atomic E-state index is 12.1. The molecular formula is C15H23N3O. The average Bonchev–Trinajstić information content (AvgIpc) is 2.38. The van der Waals surface area contributed by atoms with Crippen LogP contribution < -0.4 is 10.9 Å². The van der Waals surface area contributed by atoms with Crippen molar-refractivity contribution in [3.05, 3.63) is 22.6 Å². The second-order valence-electron chi connectivity index (χ2n) is 6.04. The first-order valence-electron chi connectivity index (χ1n) is 7.65. The van der Waals surface area contributed by atoms with Crippen molar-refractivity contribution in [1.29, 1.82) is 0 Å². The first-order chi connectivity index (χ1) is 9.31. The zero-order chi connectivity index (χ0) is 13.1. The molecule has 1 aromatic heterocycles. The third kappa shape index (κ3) is 3.17. The number of nitrogens with zero attached hydrogens (tertiary/aromatic N) is 2. The van der Waals surface area contributed by atoms with Gasteiger partial charge >= 0.3 is 0 Å². The maximum atomic E-state index is 12.1. The predicted octanol–water partition coefficient (Wildman–Crippen LogP) is 2.79. The van der Waals surface area contributed by atoms with Crippen LogP contribution in [0.15, 0.2) is 17.1 Å². The van der Waals surface area contributed by atoms with Gasteiger partial charge in [0.1, 0.15) is 0 Å². The molecule has 0 amide bonds. The van der Waals surface area contributed by atoms with E-state index in [2.05, 4.69) is 10.4 Å². The van der Waals surface area contributed by atoms with Crippen LogP contribution in [0.4, 0.5) is 5.69 Å². The van der Waals surface area contributed by atoms with Crippen LogP contribution in [0.1, 0.15) is 51.4 Å².